The van der Waals surface area contributed by atoms with E-state index >= 15 is 0 Å². The lowest BCUT2D eigenvalue weighted by Crippen LogP contribution is -2.36. The minimum atomic E-state index is -0.256. The van der Waals surface area contributed by atoms with E-state index in [-0.39, 0.29) is 18.1 Å². The first-order chi connectivity index (χ1) is 6.85. The van der Waals surface area contributed by atoms with Gasteiger partial charge in [0.25, 0.3) is 0 Å². The van der Waals surface area contributed by atoms with Crippen LogP contribution in [0.15, 0.2) is 0 Å². The normalized spacial score (nSPS) is 13.7. The second-order valence-corrected chi connectivity index (χ2v) is 4.87. The molecular weight excluding hydrogens is 192 g/mol. The molecule has 0 aliphatic heterocycles. The molecule has 90 valence electrons. The maximum absolute atomic E-state index is 11.3. The molecule has 4 heteroatoms. The van der Waals surface area contributed by atoms with Crippen LogP contribution in [0.4, 0.5) is 0 Å². The lowest BCUT2D eigenvalue weighted by Gasteiger charge is -2.19. The number of rotatable bonds is 6. The van der Waals surface area contributed by atoms with Crippen LogP contribution >= 0.6 is 0 Å². The van der Waals surface area contributed by atoms with Crippen LogP contribution < -0.4 is 10.6 Å². The van der Waals surface area contributed by atoms with Gasteiger partial charge in [-0.3, -0.25) is 4.79 Å². The van der Waals surface area contributed by atoms with Crippen LogP contribution in [-0.2, 0) is 9.53 Å². The Labute approximate surface area is 92.8 Å². The second kappa shape index (κ2) is 6.80. The van der Waals surface area contributed by atoms with E-state index in [1.165, 1.54) is 0 Å². The predicted molar refractivity (Wildman–Crippen MR) is 61.8 cm³/mol. The molecule has 0 saturated carbocycles. The Balaban J connectivity index is 3.58. The van der Waals surface area contributed by atoms with Crippen molar-refractivity contribution in [2.24, 2.45) is 5.92 Å². The highest BCUT2D eigenvalue weighted by Gasteiger charge is 2.12. The molecule has 0 aromatic rings. The lowest BCUT2D eigenvalue weighted by atomic mass is 10.2. The number of ether oxygens (including phenoxy) is 1. The average molecular weight is 216 g/mol. The zero-order valence-corrected chi connectivity index (χ0v) is 10.5. The van der Waals surface area contributed by atoms with Crippen LogP contribution in [0.3, 0.4) is 0 Å². The zero-order valence-electron chi connectivity index (χ0n) is 10.5. The smallest absolute Gasteiger partial charge is 0.246 e. The Morgan fingerprint density at radius 1 is 1.33 bits per heavy atom. The van der Waals surface area contributed by atoms with E-state index < -0.39 is 0 Å². The van der Waals surface area contributed by atoms with E-state index in [0.717, 1.165) is 6.54 Å². The molecule has 0 aliphatic carbocycles. The maximum atomic E-state index is 11.3. The summed E-state index contributed by atoms with van der Waals surface area (Å²) in [7, 11) is 1.90. The highest BCUT2D eigenvalue weighted by molar-refractivity contribution is 5.77. The van der Waals surface area contributed by atoms with Crippen molar-refractivity contribution >= 4 is 5.91 Å². The summed E-state index contributed by atoms with van der Waals surface area (Å²) in [6.07, 6.45) is 0. The Kier molecular flexibility index (Phi) is 6.52. The van der Waals surface area contributed by atoms with Gasteiger partial charge in [0.1, 0.15) is 6.61 Å². The molecule has 1 amide bonds. The molecule has 15 heavy (non-hydrogen) atoms. The van der Waals surface area contributed by atoms with Gasteiger partial charge in [0, 0.05) is 6.54 Å². The highest BCUT2D eigenvalue weighted by atomic mass is 16.5. The molecule has 2 N–H and O–H groups in total. The molecule has 0 spiro atoms. The summed E-state index contributed by atoms with van der Waals surface area (Å²) in [5.74, 6) is 0.390. The molecule has 0 aromatic carbocycles. The lowest BCUT2D eigenvalue weighted by molar-refractivity contribution is -0.130. The van der Waals surface area contributed by atoms with Crippen LogP contribution in [0.25, 0.3) is 0 Å². The molecule has 0 fully saturated rings. The number of hydrogen-bond acceptors (Lipinski definition) is 3. The van der Waals surface area contributed by atoms with Crippen molar-refractivity contribution < 1.29 is 9.53 Å². The van der Waals surface area contributed by atoms with Gasteiger partial charge in [-0.05, 0) is 40.3 Å². The highest BCUT2D eigenvalue weighted by Crippen LogP contribution is 2.05. The molecule has 0 saturated heterocycles. The third-order valence-electron chi connectivity index (χ3n) is 1.84. The average Bonchev–Trinajstić information content (AvgIpc) is 2.11. The molecule has 0 rings (SSSR count). The van der Waals surface area contributed by atoms with Crippen molar-refractivity contribution in [2.45, 2.75) is 33.3 Å². The predicted octanol–water partition coefficient (Wildman–Crippen LogP) is 0.773. The van der Waals surface area contributed by atoms with Gasteiger partial charge in [0.2, 0.25) is 5.91 Å². The van der Waals surface area contributed by atoms with E-state index in [1.54, 1.807) is 0 Å². The largest absolute Gasteiger partial charge is 0.366 e. The van der Waals surface area contributed by atoms with Crippen LogP contribution in [0.5, 0.6) is 0 Å². The fourth-order valence-corrected chi connectivity index (χ4v) is 1.04. The molecule has 4 nitrogen and oxygen atoms in total. The number of hydrogen-bond donors (Lipinski definition) is 2. The summed E-state index contributed by atoms with van der Waals surface area (Å²) in [6, 6.07) is 0. The van der Waals surface area contributed by atoms with Gasteiger partial charge in [0.05, 0.1) is 5.60 Å². The number of carbonyl (C=O) groups is 1. The number of nitrogens with one attached hydrogen (secondary N) is 2. The fraction of sp³-hybridized carbons (Fsp3) is 0.909. The van der Waals surface area contributed by atoms with Crippen LogP contribution in [0.2, 0.25) is 0 Å². The molecule has 0 radical (unpaired) electrons. The standard InChI is InChI=1S/C11H24N2O2/c1-9(6-12-5)7-13-10(14)8-15-11(2,3)4/h9,12H,6-8H2,1-5H3,(H,13,14). The van der Waals surface area contributed by atoms with Crippen molar-refractivity contribution in [3.8, 4) is 0 Å². The minimum Gasteiger partial charge on any atom is -0.366 e. The van der Waals surface area contributed by atoms with Gasteiger partial charge in [-0.15, -0.1) is 0 Å². The van der Waals surface area contributed by atoms with E-state index in [1.807, 2.05) is 27.8 Å². The first-order valence-corrected chi connectivity index (χ1v) is 5.40. The Morgan fingerprint density at radius 3 is 2.40 bits per heavy atom. The number of carbonyl (C=O) groups excluding carboxylic acids is 1. The molecular formula is C11H24N2O2. The SMILES string of the molecule is CNCC(C)CNC(=O)COC(C)(C)C. The van der Waals surface area contributed by atoms with Crippen molar-refractivity contribution in [3.05, 3.63) is 0 Å². The Hall–Kier alpha value is -0.610. The van der Waals surface area contributed by atoms with Crippen molar-refractivity contribution in [3.63, 3.8) is 0 Å². The fourth-order valence-electron chi connectivity index (χ4n) is 1.04. The van der Waals surface area contributed by atoms with Crippen molar-refractivity contribution in [2.75, 3.05) is 26.7 Å². The van der Waals surface area contributed by atoms with Gasteiger partial charge in [-0.1, -0.05) is 6.92 Å². The van der Waals surface area contributed by atoms with E-state index in [2.05, 4.69) is 17.6 Å². The van der Waals surface area contributed by atoms with Gasteiger partial charge >= 0.3 is 0 Å². The van der Waals surface area contributed by atoms with Gasteiger partial charge in [-0.2, -0.15) is 0 Å². The third kappa shape index (κ3) is 9.69. The second-order valence-electron chi connectivity index (χ2n) is 4.87. The molecule has 0 aliphatic rings. The summed E-state index contributed by atoms with van der Waals surface area (Å²) < 4.78 is 5.36. The van der Waals surface area contributed by atoms with E-state index in [9.17, 15) is 4.79 Å². The van der Waals surface area contributed by atoms with Crippen LogP contribution in [0.1, 0.15) is 27.7 Å². The van der Waals surface area contributed by atoms with Crippen molar-refractivity contribution in [1.29, 1.82) is 0 Å². The first-order valence-electron chi connectivity index (χ1n) is 5.40. The summed E-state index contributed by atoms with van der Waals surface area (Å²) in [6.45, 7) is 9.61. The first kappa shape index (κ1) is 14.4. The summed E-state index contributed by atoms with van der Waals surface area (Å²) >= 11 is 0. The molecule has 0 bridgehead atoms. The van der Waals surface area contributed by atoms with Crippen LogP contribution in [-0.4, -0.2) is 38.3 Å². The quantitative estimate of drug-likeness (QED) is 0.689. The third-order valence-corrected chi connectivity index (χ3v) is 1.84. The molecule has 1 atom stereocenters. The summed E-state index contributed by atoms with van der Waals surface area (Å²) in [5, 5.41) is 5.90. The monoisotopic (exact) mass is 216 g/mol. The topological polar surface area (TPSA) is 50.4 Å². The van der Waals surface area contributed by atoms with Crippen LogP contribution in [0, 0.1) is 5.92 Å². The Morgan fingerprint density at radius 2 is 1.93 bits per heavy atom. The van der Waals surface area contributed by atoms with Crippen molar-refractivity contribution in [1.82, 2.24) is 10.6 Å². The summed E-state index contributed by atoms with van der Waals surface area (Å²) in [4.78, 5) is 11.3. The minimum absolute atomic E-state index is 0.0483. The summed E-state index contributed by atoms with van der Waals surface area (Å²) in [5.41, 5.74) is -0.256. The maximum Gasteiger partial charge on any atom is 0.246 e. The van der Waals surface area contributed by atoms with Gasteiger partial charge < -0.3 is 15.4 Å². The Bertz CT molecular complexity index is 188. The van der Waals surface area contributed by atoms with Gasteiger partial charge in [0.15, 0.2) is 0 Å². The molecule has 1 unspecified atom stereocenters. The van der Waals surface area contributed by atoms with E-state index in [4.69, 9.17) is 4.74 Å². The number of amides is 1. The molecule has 0 heterocycles. The van der Waals surface area contributed by atoms with E-state index in [0.29, 0.717) is 12.5 Å². The molecule has 0 aromatic heterocycles. The zero-order chi connectivity index (χ0) is 11.9. The van der Waals surface area contributed by atoms with Gasteiger partial charge in [-0.25, -0.2) is 0 Å².